The molecule has 0 bridgehead atoms. The number of aliphatic hydroxyl groups is 1. The van der Waals surface area contributed by atoms with Crippen LogP contribution in [0.3, 0.4) is 0 Å². The molecule has 1 aliphatic rings. The molecular formula is C12H20N4O. The third-order valence-electron chi connectivity index (χ3n) is 3.31. The molecule has 17 heavy (non-hydrogen) atoms. The second-order valence-electron chi connectivity index (χ2n) is 4.87. The molecule has 3 N–H and O–H groups in total. The Morgan fingerprint density at radius 2 is 2.12 bits per heavy atom. The van der Waals surface area contributed by atoms with Crippen LogP contribution >= 0.6 is 0 Å². The van der Waals surface area contributed by atoms with Gasteiger partial charge >= 0.3 is 0 Å². The minimum Gasteiger partial charge on any atom is -0.390 e. The third-order valence-corrected chi connectivity index (χ3v) is 3.31. The quantitative estimate of drug-likeness (QED) is 0.789. The SMILES string of the molecule is CC1(O)CCCN(c2nccnc2CN)CC1. The molecule has 5 nitrogen and oxygen atoms in total. The van der Waals surface area contributed by atoms with E-state index in [2.05, 4.69) is 14.9 Å². The third kappa shape index (κ3) is 2.92. The van der Waals surface area contributed by atoms with Crippen LogP contribution in [0.1, 0.15) is 31.9 Å². The van der Waals surface area contributed by atoms with Gasteiger partial charge in [0.2, 0.25) is 0 Å². The normalized spacial score (nSPS) is 25.7. The molecule has 5 heteroatoms. The maximum atomic E-state index is 10.1. The Hall–Kier alpha value is -1.20. The van der Waals surface area contributed by atoms with Crippen molar-refractivity contribution in [2.45, 2.75) is 38.3 Å². The highest BCUT2D eigenvalue weighted by atomic mass is 16.3. The Labute approximate surface area is 102 Å². The maximum Gasteiger partial charge on any atom is 0.151 e. The lowest BCUT2D eigenvalue weighted by Gasteiger charge is -2.24. The summed E-state index contributed by atoms with van der Waals surface area (Å²) in [6, 6.07) is 0. The molecule has 1 fully saturated rings. The number of rotatable bonds is 2. The average molecular weight is 236 g/mol. The Morgan fingerprint density at radius 1 is 1.35 bits per heavy atom. The van der Waals surface area contributed by atoms with Crippen molar-refractivity contribution in [3.8, 4) is 0 Å². The summed E-state index contributed by atoms with van der Waals surface area (Å²) < 4.78 is 0. The van der Waals surface area contributed by atoms with Gasteiger partial charge in [0, 0.05) is 32.0 Å². The highest BCUT2D eigenvalue weighted by molar-refractivity contribution is 5.43. The predicted octanol–water partition coefficient (Wildman–Crippen LogP) is 0.677. The zero-order chi connectivity index (χ0) is 12.3. The first-order valence-corrected chi connectivity index (χ1v) is 6.10. The van der Waals surface area contributed by atoms with E-state index in [4.69, 9.17) is 5.73 Å². The second-order valence-corrected chi connectivity index (χ2v) is 4.87. The van der Waals surface area contributed by atoms with Crippen LogP contribution in [-0.4, -0.2) is 33.8 Å². The molecule has 0 aliphatic carbocycles. The molecule has 0 spiro atoms. The van der Waals surface area contributed by atoms with Crippen LogP contribution in [0.4, 0.5) is 5.82 Å². The molecule has 1 saturated heterocycles. The van der Waals surface area contributed by atoms with Gasteiger partial charge in [-0.25, -0.2) is 4.98 Å². The van der Waals surface area contributed by atoms with Crippen molar-refractivity contribution in [1.82, 2.24) is 9.97 Å². The van der Waals surface area contributed by atoms with Crippen LogP contribution in [-0.2, 0) is 6.54 Å². The van der Waals surface area contributed by atoms with Gasteiger partial charge in [0.05, 0.1) is 11.3 Å². The lowest BCUT2D eigenvalue weighted by molar-refractivity contribution is 0.0481. The van der Waals surface area contributed by atoms with E-state index in [9.17, 15) is 5.11 Å². The standard InChI is InChI=1S/C12H20N4O/c1-12(17)3-2-7-16(8-4-12)11-10(9-13)14-5-6-15-11/h5-6,17H,2-4,7-9,13H2,1H3. The van der Waals surface area contributed by atoms with Crippen molar-refractivity contribution in [2.75, 3.05) is 18.0 Å². The van der Waals surface area contributed by atoms with E-state index in [-0.39, 0.29) is 0 Å². The Morgan fingerprint density at radius 3 is 2.88 bits per heavy atom. The van der Waals surface area contributed by atoms with Crippen LogP contribution in [0.2, 0.25) is 0 Å². The monoisotopic (exact) mass is 236 g/mol. The molecule has 1 aliphatic heterocycles. The fourth-order valence-electron chi connectivity index (χ4n) is 2.24. The fourth-order valence-corrected chi connectivity index (χ4v) is 2.24. The van der Waals surface area contributed by atoms with E-state index < -0.39 is 5.60 Å². The van der Waals surface area contributed by atoms with Crippen molar-refractivity contribution in [3.05, 3.63) is 18.1 Å². The van der Waals surface area contributed by atoms with E-state index in [0.717, 1.165) is 43.9 Å². The van der Waals surface area contributed by atoms with Gasteiger partial charge in [-0.1, -0.05) is 0 Å². The van der Waals surface area contributed by atoms with Crippen molar-refractivity contribution in [3.63, 3.8) is 0 Å². The smallest absolute Gasteiger partial charge is 0.151 e. The molecule has 0 radical (unpaired) electrons. The Balaban J connectivity index is 2.17. The number of hydrogen-bond donors (Lipinski definition) is 2. The molecular weight excluding hydrogens is 216 g/mol. The molecule has 1 atom stereocenters. The van der Waals surface area contributed by atoms with E-state index in [1.807, 2.05) is 6.92 Å². The minimum absolute atomic E-state index is 0.399. The van der Waals surface area contributed by atoms with E-state index in [1.54, 1.807) is 12.4 Å². The van der Waals surface area contributed by atoms with Gasteiger partial charge in [0.1, 0.15) is 0 Å². The molecule has 1 aromatic rings. The van der Waals surface area contributed by atoms with Crippen molar-refractivity contribution in [1.29, 1.82) is 0 Å². The van der Waals surface area contributed by atoms with Gasteiger partial charge in [-0.3, -0.25) is 4.98 Å². The number of nitrogens with zero attached hydrogens (tertiary/aromatic N) is 3. The van der Waals surface area contributed by atoms with Crippen LogP contribution < -0.4 is 10.6 Å². The van der Waals surface area contributed by atoms with Crippen molar-refractivity contribution < 1.29 is 5.11 Å². The largest absolute Gasteiger partial charge is 0.390 e. The zero-order valence-electron chi connectivity index (χ0n) is 10.3. The van der Waals surface area contributed by atoms with E-state index >= 15 is 0 Å². The molecule has 1 unspecified atom stereocenters. The summed E-state index contributed by atoms with van der Waals surface area (Å²) in [4.78, 5) is 10.8. The van der Waals surface area contributed by atoms with Gasteiger partial charge in [0.25, 0.3) is 0 Å². The number of anilines is 1. The summed E-state index contributed by atoms with van der Waals surface area (Å²) in [5.41, 5.74) is 5.94. The van der Waals surface area contributed by atoms with Crippen LogP contribution in [0.5, 0.6) is 0 Å². The van der Waals surface area contributed by atoms with E-state index in [0.29, 0.717) is 6.54 Å². The summed E-state index contributed by atoms with van der Waals surface area (Å²) in [6.45, 7) is 4.01. The highest BCUT2D eigenvalue weighted by Crippen LogP contribution is 2.25. The Bertz CT molecular complexity index is 381. The summed E-state index contributed by atoms with van der Waals surface area (Å²) in [5, 5.41) is 10.1. The van der Waals surface area contributed by atoms with E-state index in [1.165, 1.54) is 0 Å². The van der Waals surface area contributed by atoms with Crippen LogP contribution in [0, 0.1) is 0 Å². The first-order valence-electron chi connectivity index (χ1n) is 6.10. The first-order chi connectivity index (χ1) is 8.12. The van der Waals surface area contributed by atoms with Gasteiger partial charge in [-0.2, -0.15) is 0 Å². The van der Waals surface area contributed by atoms with Crippen LogP contribution in [0.25, 0.3) is 0 Å². The molecule has 2 heterocycles. The van der Waals surface area contributed by atoms with Crippen LogP contribution in [0.15, 0.2) is 12.4 Å². The lowest BCUT2D eigenvalue weighted by Crippen LogP contribution is -2.30. The van der Waals surface area contributed by atoms with Crippen molar-refractivity contribution in [2.24, 2.45) is 5.73 Å². The summed E-state index contributed by atoms with van der Waals surface area (Å²) >= 11 is 0. The molecule has 94 valence electrons. The number of aromatic nitrogens is 2. The topological polar surface area (TPSA) is 75.3 Å². The molecule has 0 aromatic carbocycles. The summed E-state index contributed by atoms with van der Waals surface area (Å²) in [6.07, 6.45) is 5.92. The maximum absolute atomic E-state index is 10.1. The number of nitrogens with two attached hydrogens (primary N) is 1. The minimum atomic E-state index is -0.556. The summed E-state index contributed by atoms with van der Waals surface area (Å²) in [5.74, 6) is 0.868. The summed E-state index contributed by atoms with van der Waals surface area (Å²) in [7, 11) is 0. The Kier molecular flexibility index (Phi) is 3.59. The van der Waals surface area contributed by atoms with Gasteiger partial charge in [-0.05, 0) is 26.2 Å². The number of hydrogen-bond acceptors (Lipinski definition) is 5. The lowest BCUT2D eigenvalue weighted by atomic mass is 9.98. The molecule has 1 aromatic heterocycles. The molecule has 0 saturated carbocycles. The first kappa shape index (κ1) is 12.3. The van der Waals surface area contributed by atoms with Crippen molar-refractivity contribution >= 4 is 5.82 Å². The molecule has 2 rings (SSSR count). The van der Waals surface area contributed by atoms with Gasteiger partial charge < -0.3 is 15.7 Å². The van der Waals surface area contributed by atoms with Gasteiger partial charge in [0.15, 0.2) is 5.82 Å². The second kappa shape index (κ2) is 4.98. The highest BCUT2D eigenvalue weighted by Gasteiger charge is 2.26. The fraction of sp³-hybridized carbons (Fsp3) is 0.667. The van der Waals surface area contributed by atoms with Gasteiger partial charge in [-0.15, -0.1) is 0 Å². The average Bonchev–Trinajstić information content (AvgIpc) is 2.50. The molecule has 0 amide bonds. The predicted molar refractivity (Wildman–Crippen MR) is 66.6 cm³/mol. The zero-order valence-corrected chi connectivity index (χ0v) is 10.3.